The fraction of sp³-hybridized carbons (Fsp3) is 0.133. The molecule has 3 aromatic rings. The van der Waals surface area contributed by atoms with E-state index in [1.165, 1.54) is 0 Å². The van der Waals surface area contributed by atoms with Gasteiger partial charge in [0.1, 0.15) is 5.82 Å². The number of aromatic nitrogens is 2. The molecule has 102 valence electrons. The standard InChI is InChI=1S/C15H11BrCl2N2/c1-9-19-14-5-2-11(16)7-15(14)20(9)8-10-6-12(17)3-4-13(10)18/h2-7H,8H2,1H3. The number of halogens is 3. The lowest BCUT2D eigenvalue weighted by atomic mass is 10.2. The number of benzene rings is 2. The fourth-order valence-corrected chi connectivity index (χ4v) is 2.97. The second-order valence-corrected chi connectivity index (χ2v) is 6.37. The third kappa shape index (κ3) is 2.58. The van der Waals surface area contributed by atoms with Crippen molar-refractivity contribution in [3.63, 3.8) is 0 Å². The lowest BCUT2D eigenvalue weighted by molar-refractivity contribution is 0.786. The van der Waals surface area contributed by atoms with Crippen LogP contribution in [0.1, 0.15) is 11.4 Å². The van der Waals surface area contributed by atoms with Crippen LogP contribution in [0, 0.1) is 6.92 Å². The van der Waals surface area contributed by atoms with E-state index < -0.39 is 0 Å². The SMILES string of the molecule is Cc1nc2ccc(Br)cc2n1Cc1cc(Cl)ccc1Cl. The van der Waals surface area contributed by atoms with Crippen LogP contribution in [0.15, 0.2) is 40.9 Å². The van der Waals surface area contributed by atoms with Crippen LogP contribution in [0.25, 0.3) is 11.0 Å². The first-order valence-electron chi connectivity index (χ1n) is 6.11. The molecule has 0 atom stereocenters. The summed E-state index contributed by atoms with van der Waals surface area (Å²) in [5, 5.41) is 1.40. The second-order valence-electron chi connectivity index (χ2n) is 4.61. The molecule has 0 aliphatic heterocycles. The van der Waals surface area contributed by atoms with Gasteiger partial charge in [0.05, 0.1) is 17.6 Å². The van der Waals surface area contributed by atoms with E-state index in [0.29, 0.717) is 16.6 Å². The molecule has 20 heavy (non-hydrogen) atoms. The first-order chi connectivity index (χ1) is 9.54. The van der Waals surface area contributed by atoms with Crippen molar-refractivity contribution in [2.45, 2.75) is 13.5 Å². The van der Waals surface area contributed by atoms with E-state index in [2.05, 4.69) is 31.5 Å². The largest absolute Gasteiger partial charge is 0.324 e. The third-order valence-corrected chi connectivity index (χ3v) is 4.33. The summed E-state index contributed by atoms with van der Waals surface area (Å²) in [6.45, 7) is 2.64. The number of imidazole rings is 1. The van der Waals surface area contributed by atoms with Gasteiger partial charge in [0.2, 0.25) is 0 Å². The summed E-state index contributed by atoms with van der Waals surface area (Å²) in [5.41, 5.74) is 3.04. The number of hydrogen-bond acceptors (Lipinski definition) is 1. The molecule has 0 saturated heterocycles. The Bertz CT molecular complexity index is 796. The maximum Gasteiger partial charge on any atom is 0.107 e. The van der Waals surface area contributed by atoms with E-state index in [1.807, 2.05) is 31.2 Å². The number of aryl methyl sites for hydroxylation is 1. The average Bonchev–Trinajstić information content (AvgIpc) is 2.70. The van der Waals surface area contributed by atoms with Crippen molar-refractivity contribution in [2.75, 3.05) is 0 Å². The Hall–Kier alpha value is -1.03. The Morgan fingerprint density at radius 2 is 1.95 bits per heavy atom. The number of rotatable bonds is 2. The fourth-order valence-electron chi connectivity index (χ4n) is 2.25. The summed E-state index contributed by atoms with van der Waals surface area (Å²) >= 11 is 15.8. The van der Waals surface area contributed by atoms with Crippen LogP contribution in [-0.2, 0) is 6.54 Å². The molecule has 1 heterocycles. The molecule has 3 rings (SSSR count). The van der Waals surface area contributed by atoms with Gasteiger partial charge in [0.15, 0.2) is 0 Å². The zero-order chi connectivity index (χ0) is 14.3. The van der Waals surface area contributed by atoms with Gasteiger partial charge in [-0.25, -0.2) is 4.98 Å². The Balaban J connectivity index is 2.12. The molecule has 2 aromatic carbocycles. The molecule has 2 nitrogen and oxygen atoms in total. The monoisotopic (exact) mass is 368 g/mol. The smallest absolute Gasteiger partial charge is 0.107 e. The quantitative estimate of drug-likeness (QED) is 0.586. The van der Waals surface area contributed by atoms with Crippen LogP contribution >= 0.6 is 39.1 Å². The van der Waals surface area contributed by atoms with Crippen LogP contribution < -0.4 is 0 Å². The van der Waals surface area contributed by atoms with Gasteiger partial charge in [-0.1, -0.05) is 39.1 Å². The van der Waals surface area contributed by atoms with Crippen molar-refractivity contribution < 1.29 is 0 Å². The van der Waals surface area contributed by atoms with Gasteiger partial charge in [0, 0.05) is 14.5 Å². The Morgan fingerprint density at radius 1 is 1.15 bits per heavy atom. The van der Waals surface area contributed by atoms with Gasteiger partial charge in [0.25, 0.3) is 0 Å². The number of nitrogens with zero attached hydrogens (tertiary/aromatic N) is 2. The summed E-state index contributed by atoms with van der Waals surface area (Å²) in [7, 11) is 0. The van der Waals surface area contributed by atoms with Gasteiger partial charge < -0.3 is 4.57 Å². The van der Waals surface area contributed by atoms with Crippen LogP contribution in [0.4, 0.5) is 0 Å². The molecule has 0 aliphatic carbocycles. The topological polar surface area (TPSA) is 17.8 Å². The first kappa shape index (κ1) is 13.9. The normalized spacial score (nSPS) is 11.2. The maximum absolute atomic E-state index is 6.25. The van der Waals surface area contributed by atoms with Crippen molar-refractivity contribution in [1.29, 1.82) is 0 Å². The van der Waals surface area contributed by atoms with Crippen molar-refractivity contribution in [1.82, 2.24) is 9.55 Å². The van der Waals surface area contributed by atoms with Crippen molar-refractivity contribution >= 4 is 50.2 Å². The van der Waals surface area contributed by atoms with Gasteiger partial charge >= 0.3 is 0 Å². The minimum atomic E-state index is 0.651. The van der Waals surface area contributed by atoms with E-state index in [-0.39, 0.29) is 0 Å². The maximum atomic E-state index is 6.25. The summed E-state index contributed by atoms with van der Waals surface area (Å²) in [4.78, 5) is 4.57. The lowest BCUT2D eigenvalue weighted by Crippen LogP contribution is -2.02. The molecule has 0 amide bonds. The molecule has 1 aromatic heterocycles. The van der Waals surface area contributed by atoms with E-state index in [9.17, 15) is 0 Å². The molecule has 0 saturated carbocycles. The molecule has 0 N–H and O–H groups in total. The molecule has 0 fully saturated rings. The summed E-state index contributed by atoms with van der Waals surface area (Å²) in [6.07, 6.45) is 0. The highest BCUT2D eigenvalue weighted by molar-refractivity contribution is 9.10. The van der Waals surface area contributed by atoms with Gasteiger partial charge in [-0.2, -0.15) is 0 Å². The highest BCUT2D eigenvalue weighted by Gasteiger charge is 2.10. The van der Waals surface area contributed by atoms with E-state index in [1.54, 1.807) is 6.07 Å². The van der Waals surface area contributed by atoms with Crippen LogP contribution in [0.2, 0.25) is 10.0 Å². The number of hydrogen-bond donors (Lipinski definition) is 0. The molecule has 0 radical (unpaired) electrons. The third-order valence-electron chi connectivity index (χ3n) is 3.24. The van der Waals surface area contributed by atoms with Gasteiger partial charge in [-0.3, -0.25) is 0 Å². The number of fused-ring (bicyclic) bond motifs is 1. The summed E-state index contributed by atoms with van der Waals surface area (Å²) in [5.74, 6) is 0.953. The summed E-state index contributed by atoms with van der Waals surface area (Å²) < 4.78 is 3.17. The van der Waals surface area contributed by atoms with Crippen LogP contribution in [0.5, 0.6) is 0 Å². The van der Waals surface area contributed by atoms with Crippen LogP contribution in [0.3, 0.4) is 0 Å². The zero-order valence-corrected chi connectivity index (χ0v) is 13.8. The molecule has 0 spiro atoms. The molecule has 0 unspecified atom stereocenters. The zero-order valence-electron chi connectivity index (χ0n) is 10.7. The van der Waals surface area contributed by atoms with Crippen molar-refractivity contribution in [3.8, 4) is 0 Å². The van der Waals surface area contributed by atoms with Crippen molar-refractivity contribution in [3.05, 3.63) is 62.3 Å². The van der Waals surface area contributed by atoms with E-state index >= 15 is 0 Å². The second kappa shape index (κ2) is 5.40. The lowest BCUT2D eigenvalue weighted by Gasteiger charge is -2.09. The average molecular weight is 370 g/mol. The molecule has 5 heteroatoms. The minimum Gasteiger partial charge on any atom is -0.324 e. The predicted octanol–water partition coefficient (Wildman–Crippen LogP) is 5.46. The van der Waals surface area contributed by atoms with Gasteiger partial charge in [-0.15, -0.1) is 0 Å². The van der Waals surface area contributed by atoms with Crippen LogP contribution in [-0.4, -0.2) is 9.55 Å². The van der Waals surface area contributed by atoms with E-state index in [0.717, 1.165) is 26.9 Å². The molecule has 0 aliphatic rings. The van der Waals surface area contributed by atoms with E-state index in [4.69, 9.17) is 23.2 Å². The summed E-state index contributed by atoms with van der Waals surface area (Å²) in [6, 6.07) is 11.6. The molecular formula is C15H11BrCl2N2. The highest BCUT2D eigenvalue weighted by atomic mass is 79.9. The minimum absolute atomic E-state index is 0.651. The molecular weight excluding hydrogens is 359 g/mol. The van der Waals surface area contributed by atoms with Gasteiger partial charge in [-0.05, 0) is 48.9 Å². The first-order valence-corrected chi connectivity index (χ1v) is 7.66. The highest BCUT2D eigenvalue weighted by Crippen LogP contribution is 2.25. The van der Waals surface area contributed by atoms with Crippen molar-refractivity contribution in [2.24, 2.45) is 0 Å². The Labute approximate surface area is 135 Å². The predicted molar refractivity (Wildman–Crippen MR) is 87.7 cm³/mol. The molecule has 0 bridgehead atoms. The Kier molecular flexibility index (Phi) is 3.76. The Morgan fingerprint density at radius 3 is 2.75 bits per heavy atom.